The van der Waals surface area contributed by atoms with Crippen LogP contribution in [0.15, 0.2) is 53.1 Å². The Labute approximate surface area is 239 Å². The van der Waals surface area contributed by atoms with Gasteiger partial charge in [-0.15, -0.1) is 0 Å². The average molecular weight is 598 g/mol. The number of hydrogen-bond donors (Lipinski definition) is 0. The van der Waals surface area contributed by atoms with Crippen LogP contribution in [0.4, 0.5) is 13.2 Å². The zero-order valence-corrected chi connectivity index (χ0v) is 23.2. The molecule has 1 aliphatic heterocycles. The van der Waals surface area contributed by atoms with Crippen LogP contribution in [0.1, 0.15) is 52.8 Å². The number of nitrogens with zero attached hydrogens (tertiary/aromatic N) is 3. The van der Waals surface area contributed by atoms with Gasteiger partial charge in [-0.2, -0.15) is 13.2 Å². The smallest absolute Gasteiger partial charge is 0.416 e. The molecule has 1 aliphatic rings. The van der Waals surface area contributed by atoms with E-state index in [1.807, 2.05) is 0 Å². The maximum absolute atomic E-state index is 13.3. The highest BCUT2D eigenvalue weighted by Crippen LogP contribution is 2.31. The largest absolute Gasteiger partial charge is 0.466 e. The Hall–Kier alpha value is -3.08. The van der Waals surface area contributed by atoms with Gasteiger partial charge in [0.25, 0.3) is 5.91 Å². The monoisotopic (exact) mass is 597 g/mol. The molecule has 1 unspecified atom stereocenters. The number of rotatable bonds is 9. The lowest BCUT2D eigenvalue weighted by molar-refractivity contribution is -0.149. The molecule has 3 aromatic rings. The number of likely N-dealkylation sites (tertiary alicyclic amines) is 1. The summed E-state index contributed by atoms with van der Waals surface area (Å²) in [6, 6.07) is 10.2. The summed E-state index contributed by atoms with van der Waals surface area (Å²) in [6.45, 7) is 3.14. The number of piperidine rings is 1. The van der Waals surface area contributed by atoms with Gasteiger partial charge in [0, 0.05) is 26.2 Å². The first-order chi connectivity index (χ1) is 19.0. The molecule has 1 amide bonds. The summed E-state index contributed by atoms with van der Waals surface area (Å²) >= 11 is 12.6. The molecule has 214 valence electrons. The fourth-order valence-corrected chi connectivity index (χ4v) is 5.01. The third kappa shape index (κ3) is 7.56. The van der Waals surface area contributed by atoms with Crippen LogP contribution < -0.4 is 0 Å². The molecule has 0 saturated carbocycles. The molecule has 0 bridgehead atoms. The molecule has 0 radical (unpaired) electrons. The van der Waals surface area contributed by atoms with E-state index < -0.39 is 17.7 Å². The lowest BCUT2D eigenvalue weighted by Gasteiger charge is -2.30. The number of oxazole rings is 1. The van der Waals surface area contributed by atoms with Gasteiger partial charge in [0.15, 0.2) is 5.69 Å². The van der Waals surface area contributed by atoms with Crippen LogP contribution in [0, 0.1) is 5.92 Å². The minimum atomic E-state index is -4.48. The van der Waals surface area contributed by atoms with Crippen LogP contribution in [-0.2, 0) is 35.3 Å². The summed E-state index contributed by atoms with van der Waals surface area (Å²) in [5.74, 6) is -0.890. The Kier molecular flexibility index (Phi) is 9.76. The van der Waals surface area contributed by atoms with E-state index in [1.165, 1.54) is 12.3 Å². The summed E-state index contributed by atoms with van der Waals surface area (Å²) in [6.07, 6.45) is -1.93. The highest BCUT2D eigenvalue weighted by molar-refractivity contribution is 6.42. The molecular formula is C28H28Cl2F3N3O4. The van der Waals surface area contributed by atoms with Crippen LogP contribution in [0.2, 0.25) is 10.0 Å². The van der Waals surface area contributed by atoms with Crippen molar-refractivity contribution < 1.29 is 31.9 Å². The van der Waals surface area contributed by atoms with E-state index in [0.29, 0.717) is 40.6 Å². The van der Waals surface area contributed by atoms with Gasteiger partial charge in [0.05, 0.1) is 34.7 Å². The van der Waals surface area contributed by atoms with Gasteiger partial charge in [-0.25, -0.2) is 4.98 Å². The summed E-state index contributed by atoms with van der Waals surface area (Å²) in [5.41, 5.74) is 0.424. The van der Waals surface area contributed by atoms with Gasteiger partial charge < -0.3 is 14.1 Å². The normalized spacial score (nSPS) is 15.9. The number of esters is 1. The van der Waals surface area contributed by atoms with Gasteiger partial charge in [-0.3, -0.25) is 14.5 Å². The number of ether oxygens (including phenoxy) is 1. The van der Waals surface area contributed by atoms with Gasteiger partial charge in [-0.1, -0.05) is 53.5 Å². The van der Waals surface area contributed by atoms with E-state index in [2.05, 4.69) is 4.98 Å². The number of amides is 1. The molecule has 0 spiro atoms. The minimum absolute atomic E-state index is 0.0812. The summed E-state index contributed by atoms with van der Waals surface area (Å²) < 4.78 is 50.6. The molecule has 7 nitrogen and oxygen atoms in total. The Morgan fingerprint density at radius 3 is 2.67 bits per heavy atom. The van der Waals surface area contributed by atoms with Crippen molar-refractivity contribution in [2.45, 2.75) is 45.6 Å². The van der Waals surface area contributed by atoms with Crippen molar-refractivity contribution in [2.24, 2.45) is 5.92 Å². The molecule has 1 fully saturated rings. The fraction of sp³-hybridized carbons (Fsp3) is 0.393. The first-order valence-corrected chi connectivity index (χ1v) is 13.5. The van der Waals surface area contributed by atoms with Crippen molar-refractivity contribution in [3.63, 3.8) is 0 Å². The number of carbonyl (C=O) groups is 2. The third-order valence-electron chi connectivity index (χ3n) is 6.54. The highest BCUT2D eigenvalue weighted by Gasteiger charge is 2.32. The van der Waals surface area contributed by atoms with Gasteiger partial charge >= 0.3 is 12.1 Å². The first kappa shape index (κ1) is 29.9. The summed E-state index contributed by atoms with van der Waals surface area (Å²) in [5, 5.41) is 0.688. The zero-order chi connectivity index (χ0) is 28.9. The lowest BCUT2D eigenvalue weighted by Crippen LogP contribution is -2.43. The lowest BCUT2D eigenvalue weighted by atomic mass is 9.98. The zero-order valence-electron chi connectivity index (χ0n) is 21.7. The van der Waals surface area contributed by atoms with Crippen LogP contribution in [0.5, 0.6) is 0 Å². The average Bonchev–Trinajstić information content (AvgIpc) is 3.39. The highest BCUT2D eigenvalue weighted by atomic mass is 35.5. The summed E-state index contributed by atoms with van der Waals surface area (Å²) in [7, 11) is 0. The Morgan fingerprint density at radius 2 is 1.93 bits per heavy atom. The van der Waals surface area contributed by atoms with Crippen molar-refractivity contribution in [2.75, 3.05) is 19.7 Å². The number of alkyl halides is 3. The van der Waals surface area contributed by atoms with Crippen molar-refractivity contribution in [1.29, 1.82) is 0 Å². The molecule has 12 heteroatoms. The van der Waals surface area contributed by atoms with E-state index >= 15 is 0 Å². The van der Waals surface area contributed by atoms with Crippen molar-refractivity contribution in [3.8, 4) is 0 Å². The maximum Gasteiger partial charge on any atom is 0.416 e. The Bertz CT molecular complexity index is 1350. The standard InChI is InChI=1S/C28H28Cl2F3N3O4/c1-2-39-27(38)20-8-5-11-36(15-20)26(37)23-17-40-24(34-23)16-35(14-19-7-4-10-22(29)25(19)30)13-18-6-3-9-21(12-18)28(31,32)33/h3-4,6-7,9-10,12,17,20H,2,5,8,11,13-16H2,1H3. The van der Waals surface area contributed by atoms with Crippen LogP contribution in [0.3, 0.4) is 0 Å². The van der Waals surface area contributed by atoms with E-state index in [-0.39, 0.29) is 56.2 Å². The quantitative estimate of drug-likeness (QED) is 0.258. The second-order valence-corrected chi connectivity index (χ2v) is 10.3. The first-order valence-electron chi connectivity index (χ1n) is 12.8. The molecule has 40 heavy (non-hydrogen) atoms. The fourth-order valence-electron chi connectivity index (χ4n) is 4.63. The molecule has 1 atom stereocenters. The second-order valence-electron chi connectivity index (χ2n) is 9.53. The minimum Gasteiger partial charge on any atom is -0.466 e. The molecule has 4 rings (SSSR count). The van der Waals surface area contributed by atoms with Gasteiger partial charge in [0.1, 0.15) is 6.26 Å². The molecule has 1 aromatic heterocycles. The molecule has 1 saturated heterocycles. The molecule has 0 aliphatic carbocycles. The number of carbonyl (C=O) groups excluding carboxylic acids is 2. The van der Waals surface area contributed by atoms with E-state index in [4.69, 9.17) is 32.4 Å². The predicted molar refractivity (Wildman–Crippen MR) is 143 cm³/mol. The van der Waals surface area contributed by atoms with Crippen LogP contribution >= 0.6 is 23.2 Å². The topological polar surface area (TPSA) is 75.9 Å². The maximum atomic E-state index is 13.3. The van der Waals surface area contributed by atoms with Gasteiger partial charge in [-0.05, 0) is 43.0 Å². The number of halogens is 5. The molecule has 0 N–H and O–H groups in total. The summed E-state index contributed by atoms with van der Waals surface area (Å²) in [4.78, 5) is 33.0. The predicted octanol–water partition coefficient (Wildman–Crippen LogP) is 6.62. The van der Waals surface area contributed by atoms with Crippen molar-refractivity contribution >= 4 is 35.1 Å². The number of benzene rings is 2. The SMILES string of the molecule is CCOC(=O)C1CCCN(C(=O)c2coc(CN(Cc3cccc(C(F)(F)F)c3)Cc3cccc(Cl)c3Cl)n2)C1. The number of aromatic nitrogens is 1. The van der Waals surface area contributed by atoms with Crippen molar-refractivity contribution in [3.05, 3.63) is 87.0 Å². The van der Waals surface area contributed by atoms with Crippen molar-refractivity contribution in [1.82, 2.24) is 14.8 Å². The van der Waals surface area contributed by atoms with Gasteiger partial charge in [0.2, 0.25) is 5.89 Å². The molecule has 2 heterocycles. The van der Waals surface area contributed by atoms with E-state index in [0.717, 1.165) is 12.1 Å². The second kappa shape index (κ2) is 13.1. The Morgan fingerprint density at radius 1 is 1.15 bits per heavy atom. The van der Waals surface area contributed by atoms with E-state index in [9.17, 15) is 22.8 Å². The third-order valence-corrected chi connectivity index (χ3v) is 7.40. The Balaban J connectivity index is 1.52. The molecule has 2 aromatic carbocycles. The molecular weight excluding hydrogens is 570 g/mol. The van der Waals surface area contributed by atoms with E-state index in [1.54, 1.807) is 41.0 Å². The number of hydrogen-bond acceptors (Lipinski definition) is 6. The van der Waals surface area contributed by atoms with Crippen LogP contribution in [-0.4, -0.2) is 46.4 Å². The van der Waals surface area contributed by atoms with Crippen LogP contribution in [0.25, 0.3) is 0 Å².